The largest absolute Gasteiger partial charge is 0.466 e. The van der Waals surface area contributed by atoms with E-state index in [0.29, 0.717) is 51.6 Å². The highest BCUT2D eigenvalue weighted by Gasteiger charge is 2.13. The van der Waals surface area contributed by atoms with Crippen LogP contribution in [0.5, 0.6) is 0 Å². The van der Waals surface area contributed by atoms with Gasteiger partial charge < -0.3 is 39.1 Å². The number of amides is 2. The van der Waals surface area contributed by atoms with Gasteiger partial charge >= 0.3 is 35.8 Å². The zero-order valence-corrected chi connectivity index (χ0v) is 28.0. The third-order valence-corrected chi connectivity index (χ3v) is 5.55. The summed E-state index contributed by atoms with van der Waals surface area (Å²) in [5.41, 5.74) is 0. The number of rotatable bonds is 26. The first-order valence-electron chi connectivity index (χ1n) is 15.6. The number of ether oxygens (including phenoxy) is 6. The fourth-order valence-corrected chi connectivity index (χ4v) is 3.16. The average molecular weight is 687 g/mol. The summed E-state index contributed by atoms with van der Waals surface area (Å²) in [5.74, 6) is -4.18. The molecule has 0 aromatic carbocycles. The van der Waals surface area contributed by atoms with Crippen molar-refractivity contribution in [3.05, 3.63) is 25.3 Å². The van der Waals surface area contributed by atoms with Gasteiger partial charge in [0.2, 0.25) is 11.8 Å². The summed E-state index contributed by atoms with van der Waals surface area (Å²) in [6, 6.07) is 0. The van der Waals surface area contributed by atoms with Crippen molar-refractivity contribution in [1.82, 2.24) is 10.6 Å². The van der Waals surface area contributed by atoms with Crippen molar-refractivity contribution in [1.29, 1.82) is 0 Å². The van der Waals surface area contributed by atoms with Gasteiger partial charge in [-0.2, -0.15) is 0 Å². The molecule has 0 atom stereocenters. The number of nitrogens with one attached hydrogen (secondary N) is 2. The number of carbonyl (C=O) groups is 8. The van der Waals surface area contributed by atoms with E-state index in [4.69, 9.17) is 18.9 Å². The van der Waals surface area contributed by atoms with Gasteiger partial charge in [-0.15, -0.1) is 0 Å². The predicted octanol–water partition coefficient (Wildman–Crippen LogP) is 1.78. The van der Waals surface area contributed by atoms with Crippen LogP contribution in [0.1, 0.15) is 77.6 Å². The van der Waals surface area contributed by atoms with E-state index in [1.807, 2.05) is 6.92 Å². The normalized spacial score (nSPS) is 9.71. The molecule has 0 spiro atoms. The Morgan fingerprint density at radius 1 is 0.521 bits per heavy atom. The first-order chi connectivity index (χ1) is 23.0. The summed E-state index contributed by atoms with van der Waals surface area (Å²) in [6.07, 6.45) is 5.95. The molecule has 0 radical (unpaired) electrons. The number of hydrogen-bond donors (Lipinski definition) is 2. The third-order valence-electron chi connectivity index (χ3n) is 5.55. The van der Waals surface area contributed by atoms with E-state index in [1.165, 1.54) is 7.11 Å². The zero-order chi connectivity index (χ0) is 36.4. The van der Waals surface area contributed by atoms with Crippen molar-refractivity contribution in [2.45, 2.75) is 77.6 Å². The third kappa shape index (κ3) is 32.6. The van der Waals surface area contributed by atoms with Gasteiger partial charge in [0.25, 0.3) is 0 Å². The Hall–Kier alpha value is -4.76. The average Bonchev–Trinajstić information content (AvgIpc) is 3.06. The van der Waals surface area contributed by atoms with Crippen LogP contribution >= 0.6 is 0 Å². The number of methoxy groups -OCH3 is 1. The van der Waals surface area contributed by atoms with Gasteiger partial charge in [-0.3, -0.25) is 28.8 Å². The number of unbranched alkanes of at least 4 members (excludes halogenated alkanes) is 4. The van der Waals surface area contributed by atoms with E-state index in [9.17, 15) is 38.4 Å². The molecule has 0 saturated heterocycles. The Balaban J connectivity index is 0. The van der Waals surface area contributed by atoms with E-state index in [1.54, 1.807) is 0 Å². The summed E-state index contributed by atoms with van der Waals surface area (Å²) >= 11 is 0. The topological polar surface area (TPSA) is 216 Å². The fraction of sp³-hybridized carbons (Fsp3) is 0.625. The van der Waals surface area contributed by atoms with Gasteiger partial charge in [-0.1, -0.05) is 20.1 Å². The highest BCUT2D eigenvalue weighted by atomic mass is 16.6. The van der Waals surface area contributed by atoms with Crippen LogP contribution in [0.25, 0.3) is 0 Å². The van der Waals surface area contributed by atoms with Crippen molar-refractivity contribution in [2.24, 2.45) is 0 Å². The smallest absolute Gasteiger partial charge is 0.330 e. The van der Waals surface area contributed by atoms with Gasteiger partial charge in [0, 0.05) is 38.1 Å². The second-order valence-electron chi connectivity index (χ2n) is 9.66. The molecule has 0 aliphatic heterocycles. The molecule has 0 fully saturated rings. The van der Waals surface area contributed by atoms with Crippen LogP contribution in [0, 0.1) is 0 Å². The van der Waals surface area contributed by atoms with Gasteiger partial charge in [-0.25, -0.2) is 9.59 Å². The summed E-state index contributed by atoms with van der Waals surface area (Å²) in [7, 11) is 1.31. The van der Waals surface area contributed by atoms with Crippen LogP contribution < -0.4 is 10.6 Å². The Bertz CT molecular complexity index is 1030. The van der Waals surface area contributed by atoms with Crippen LogP contribution in [0.15, 0.2) is 25.3 Å². The molecule has 2 N–H and O–H groups in total. The number of carbonyl (C=O) groups excluding carboxylic acids is 8. The molecule has 16 nitrogen and oxygen atoms in total. The molecular formula is C32H50N2O14. The Morgan fingerprint density at radius 3 is 1.33 bits per heavy atom. The zero-order valence-electron chi connectivity index (χ0n) is 28.0. The van der Waals surface area contributed by atoms with Crippen molar-refractivity contribution in [3.8, 4) is 0 Å². The van der Waals surface area contributed by atoms with Gasteiger partial charge in [0.05, 0.1) is 26.9 Å². The van der Waals surface area contributed by atoms with E-state index < -0.39 is 54.5 Å². The van der Waals surface area contributed by atoms with Gasteiger partial charge in [0.1, 0.15) is 26.1 Å². The van der Waals surface area contributed by atoms with E-state index >= 15 is 0 Å². The minimum Gasteiger partial charge on any atom is -0.466 e. The number of hydrogen-bond acceptors (Lipinski definition) is 14. The molecule has 0 heterocycles. The van der Waals surface area contributed by atoms with Crippen molar-refractivity contribution in [2.75, 3.05) is 53.2 Å². The maximum atomic E-state index is 11.8. The second kappa shape index (κ2) is 32.2. The fourth-order valence-electron chi connectivity index (χ4n) is 3.16. The molecule has 0 aromatic rings. The lowest BCUT2D eigenvalue weighted by molar-refractivity contribution is -0.150. The van der Waals surface area contributed by atoms with E-state index in [2.05, 4.69) is 33.3 Å². The molecule has 0 saturated carbocycles. The van der Waals surface area contributed by atoms with Crippen LogP contribution in [-0.4, -0.2) is 101 Å². The number of esters is 6. The maximum absolute atomic E-state index is 11.8. The van der Waals surface area contributed by atoms with Crippen molar-refractivity contribution in [3.63, 3.8) is 0 Å². The molecular weight excluding hydrogens is 636 g/mol. The summed E-state index contributed by atoms with van der Waals surface area (Å²) in [4.78, 5) is 90.7. The SMILES string of the molecule is C=CC(=O)OC.C=CC(=O)OCCOC(=O)CCCCCOC(=O)CC(=O)NCCNC(=O)CC(=O)OCCCCCC(=O)OCCC. The summed E-state index contributed by atoms with van der Waals surface area (Å²) in [6.45, 7) is 9.00. The van der Waals surface area contributed by atoms with Crippen LogP contribution in [0.3, 0.4) is 0 Å². The molecule has 0 aliphatic carbocycles. The highest BCUT2D eigenvalue weighted by Crippen LogP contribution is 2.04. The Morgan fingerprint density at radius 2 is 0.938 bits per heavy atom. The Kier molecular flexibility index (Phi) is 30.4. The first kappa shape index (κ1) is 45.4. The quantitative estimate of drug-likeness (QED) is 0.0436. The van der Waals surface area contributed by atoms with Crippen LogP contribution in [-0.2, 0) is 66.8 Å². The Labute approximate surface area is 281 Å². The standard InChI is InChI=1S/C28H44N2O12.C4H6O2/c1-3-15-38-25(34)11-7-5-9-16-39-27(36)20-22(31)29-13-14-30-23(32)21-28(37)40-17-10-6-8-12-26(35)42-19-18-41-24(33)4-2;1-3-4(5)6-2/h4H,2-3,5-21H2,1H3,(H,29,31)(H,30,32);3H,1H2,2H3. The van der Waals surface area contributed by atoms with E-state index in [-0.39, 0.29) is 51.9 Å². The molecule has 16 heteroatoms. The highest BCUT2D eigenvalue weighted by molar-refractivity contribution is 5.95. The van der Waals surface area contributed by atoms with Gasteiger partial charge in [-0.05, 0) is 44.9 Å². The summed E-state index contributed by atoms with van der Waals surface area (Å²) < 4.78 is 28.7. The first-order valence-corrected chi connectivity index (χ1v) is 15.6. The minimum atomic E-state index is -0.704. The van der Waals surface area contributed by atoms with Crippen LogP contribution in [0.2, 0.25) is 0 Å². The van der Waals surface area contributed by atoms with Gasteiger partial charge in [0.15, 0.2) is 0 Å². The van der Waals surface area contributed by atoms with Crippen molar-refractivity contribution >= 4 is 47.6 Å². The van der Waals surface area contributed by atoms with Crippen molar-refractivity contribution < 1.29 is 66.8 Å². The lowest BCUT2D eigenvalue weighted by Crippen LogP contribution is -2.36. The molecule has 0 rings (SSSR count). The molecule has 48 heavy (non-hydrogen) atoms. The lowest BCUT2D eigenvalue weighted by atomic mass is 10.2. The molecule has 0 aliphatic rings. The molecule has 0 bridgehead atoms. The second-order valence-corrected chi connectivity index (χ2v) is 9.66. The monoisotopic (exact) mass is 686 g/mol. The molecule has 0 aromatic heterocycles. The maximum Gasteiger partial charge on any atom is 0.330 e. The minimum absolute atomic E-state index is 0.0398. The predicted molar refractivity (Wildman–Crippen MR) is 170 cm³/mol. The summed E-state index contributed by atoms with van der Waals surface area (Å²) in [5, 5.41) is 4.93. The lowest BCUT2D eigenvalue weighted by Gasteiger charge is -2.08. The molecule has 0 unspecified atom stereocenters. The van der Waals surface area contributed by atoms with Crippen LogP contribution in [0.4, 0.5) is 0 Å². The molecule has 272 valence electrons. The van der Waals surface area contributed by atoms with E-state index in [0.717, 1.165) is 18.6 Å². The molecule has 2 amide bonds.